The highest BCUT2D eigenvalue weighted by atomic mass is 32.2. The minimum atomic E-state index is -3.56. The first kappa shape index (κ1) is 24.1. The number of nitrogens with one attached hydrogen (secondary N) is 1. The number of carbonyl (C=O) groups is 1. The molecule has 1 unspecified atom stereocenters. The molecular weight excluding hydrogens is 486 g/mol. The second kappa shape index (κ2) is 9.81. The van der Waals surface area contributed by atoms with Crippen LogP contribution >= 0.6 is 11.3 Å². The standard InChI is InChI=1S/C24H29N5O4S2/c1-33-21-11-10-20-23(27-21)34-24(26-20)28-22(30)19(12-15-4-2-3-5-15)16-6-8-18(9-7-16)35(31,32)29-13-17(25)14-29/h6-11,15,17,19H,2-5,12-14,25H2,1H3,(H,26,28,30). The smallest absolute Gasteiger partial charge is 0.243 e. The molecule has 186 valence electrons. The van der Waals surface area contributed by atoms with E-state index in [0.717, 1.165) is 24.8 Å². The molecule has 0 bridgehead atoms. The molecule has 1 saturated heterocycles. The normalized spacial score (nSPS) is 18.5. The molecule has 1 aliphatic carbocycles. The van der Waals surface area contributed by atoms with Crippen molar-refractivity contribution in [2.75, 3.05) is 25.5 Å². The van der Waals surface area contributed by atoms with E-state index >= 15 is 0 Å². The fourth-order valence-corrected chi connectivity index (χ4v) is 7.21. The summed E-state index contributed by atoms with van der Waals surface area (Å²) in [5, 5.41) is 3.46. The van der Waals surface area contributed by atoms with Gasteiger partial charge in [0.15, 0.2) is 5.13 Å². The van der Waals surface area contributed by atoms with E-state index in [0.29, 0.717) is 40.4 Å². The lowest BCUT2D eigenvalue weighted by Gasteiger charge is -2.35. The van der Waals surface area contributed by atoms with Crippen LogP contribution in [0.4, 0.5) is 5.13 Å². The van der Waals surface area contributed by atoms with Crippen LogP contribution < -0.4 is 15.8 Å². The first-order valence-electron chi connectivity index (χ1n) is 11.8. The number of anilines is 1. The maximum absolute atomic E-state index is 13.5. The number of aromatic nitrogens is 2. The summed E-state index contributed by atoms with van der Waals surface area (Å²) in [7, 11) is -2.01. The van der Waals surface area contributed by atoms with Gasteiger partial charge in [-0.25, -0.2) is 18.4 Å². The third kappa shape index (κ3) is 5.04. The molecule has 1 amide bonds. The second-order valence-electron chi connectivity index (χ2n) is 9.28. The van der Waals surface area contributed by atoms with Gasteiger partial charge in [-0.3, -0.25) is 4.79 Å². The molecule has 0 spiro atoms. The summed E-state index contributed by atoms with van der Waals surface area (Å²) in [6.45, 7) is 0.666. The number of ether oxygens (including phenoxy) is 1. The predicted octanol–water partition coefficient (Wildman–Crippen LogP) is 3.33. The van der Waals surface area contributed by atoms with Crippen LogP contribution in [0.5, 0.6) is 5.88 Å². The summed E-state index contributed by atoms with van der Waals surface area (Å²) in [6, 6.07) is 10.2. The zero-order chi connectivity index (χ0) is 24.6. The molecule has 2 aliphatic rings. The maximum Gasteiger partial charge on any atom is 0.243 e. The van der Waals surface area contributed by atoms with E-state index in [1.165, 1.54) is 28.5 Å². The Morgan fingerprint density at radius 2 is 1.89 bits per heavy atom. The number of pyridine rings is 1. The average Bonchev–Trinajstić information content (AvgIpc) is 3.49. The number of nitrogens with two attached hydrogens (primary N) is 1. The Hall–Kier alpha value is -2.60. The van der Waals surface area contributed by atoms with Crippen molar-refractivity contribution in [3.8, 4) is 5.88 Å². The molecule has 9 nitrogen and oxygen atoms in total. The van der Waals surface area contributed by atoms with Crippen LogP contribution in [0, 0.1) is 5.92 Å². The number of amides is 1. The number of methoxy groups -OCH3 is 1. The van der Waals surface area contributed by atoms with Crippen LogP contribution in [0.25, 0.3) is 10.3 Å². The molecule has 3 N–H and O–H groups in total. The first-order chi connectivity index (χ1) is 16.8. The van der Waals surface area contributed by atoms with Crippen molar-refractivity contribution in [3.05, 3.63) is 42.0 Å². The second-order valence-corrected chi connectivity index (χ2v) is 12.2. The molecule has 5 rings (SSSR count). The highest BCUT2D eigenvalue weighted by molar-refractivity contribution is 7.89. The van der Waals surface area contributed by atoms with Crippen molar-refractivity contribution < 1.29 is 17.9 Å². The summed E-state index contributed by atoms with van der Waals surface area (Å²) in [6.07, 6.45) is 5.29. The van der Waals surface area contributed by atoms with E-state index in [1.54, 1.807) is 37.4 Å². The van der Waals surface area contributed by atoms with E-state index in [1.807, 2.05) is 6.07 Å². The minimum Gasteiger partial charge on any atom is -0.481 e. The molecule has 1 saturated carbocycles. The summed E-state index contributed by atoms with van der Waals surface area (Å²) < 4.78 is 32.1. The van der Waals surface area contributed by atoms with Gasteiger partial charge in [-0.1, -0.05) is 49.2 Å². The van der Waals surface area contributed by atoms with Gasteiger partial charge in [0.2, 0.25) is 21.8 Å². The molecule has 2 aromatic heterocycles. The summed E-state index contributed by atoms with van der Waals surface area (Å²) in [5.74, 6) is 0.417. The number of sulfonamides is 1. The molecule has 3 heterocycles. The van der Waals surface area contributed by atoms with E-state index < -0.39 is 15.9 Å². The highest BCUT2D eigenvalue weighted by Gasteiger charge is 2.35. The van der Waals surface area contributed by atoms with Crippen molar-refractivity contribution >= 4 is 42.7 Å². The Balaban J connectivity index is 1.37. The Labute approximate surface area is 208 Å². The molecule has 1 aliphatic heterocycles. The average molecular weight is 516 g/mol. The van der Waals surface area contributed by atoms with Gasteiger partial charge in [-0.05, 0) is 36.1 Å². The SMILES string of the molecule is COc1ccc2nc(NC(=O)C(CC3CCCC3)c3ccc(S(=O)(=O)N4CC(N)C4)cc3)sc2n1. The third-order valence-corrected chi connectivity index (χ3v) is 9.55. The van der Waals surface area contributed by atoms with Crippen LogP contribution in [-0.4, -0.2) is 54.8 Å². The number of benzene rings is 1. The Kier molecular flexibility index (Phi) is 6.75. The van der Waals surface area contributed by atoms with Crippen LogP contribution in [0.3, 0.4) is 0 Å². The monoisotopic (exact) mass is 515 g/mol. The topological polar surface area (TPSA) is 128 Å². The van der Waals surface area contributed by atoms with Gasteiger partial charge in [-0.15, -0.1) is 0 Å². The zero-order valence-corrected chi connectivity index (χ0v) is 21.1. The number of hydrogen-bond acceptors (Lipinski definition) is 8. The Bertz CT molecular complexity index is 1310. The number of fused-ring (bicyclic) bond motifs is 1. The lowest BCUT2D eigenvalue weighted by Crippen LogP contribution is -2.57. The summed E-state index contributed by atoms with van der Waals surface area (Å²) >= 11 is 1.30. The predicted molar refractivity (Wildman–Crippen MR) is 135 cm³/mol. The van der Waals surface area contributed by atoms with Gasteiger partial charge < -0.3 is 15.8 Å². The van der Waals surface area contributed by atoms with Gasteiger partial charge in [0, 0.05) is 25.2 Å². The molecular formula is C24H29N5O4S2. The van der Waals surface area contributed by atoms with Crippen LogP contribution in [-0.2, 0) is 14.8 Å². The minimum absolute atomic E-state index is 0.109. The molecule has 0 radical (unpaired) electrons. The van der Waals surface area contributed by atoms with Crippen molar-refractivity contribution in [3.63, 3.8) is 0 Å². The summed E-state index contributed by atoms with van der Waals surface area (Å²) in [5.41, 5.74) is 7.25. The number of rotatable bonds is 8. The lowest BCUT2D eigenvalue weighted by atomic mass is 9.87. The number of nitrogens with zero attached hydrogens (tertiary/aromatic N) is 3. The van der Waals surface area contributed by atoms with Gasteiger partial charge in [0.05, 0.1) is 17.9 Å². The quantitative estimate of drug-likeness (QED) is 0.471. The Morgan fingerprint density at radius 1 is 1.17 bits per heavy atom. The van der Waals surface area contributed by atoms with E-state index in [2.05, 4.69) is 15.3 Å². The molecule has 1 aromatic carbocycles. The van der Waals surface area contributed by atoms with Crippen molar-refractivity contribution in [1.82, 2.24) is 14.3 Å². The van der Waals surface area contributed by atoms with Gasteiger partial charge in [0.1, 0.15) is 10.3 Å². The first-order valence-corrected chi connectivity index (χ1v) is 14.1. The number of thiazole rings is 1. The lowest BCUT2D eigenvalue weighted by molar-refractivity contribution is -0.118. The molecule has 11 heteroatoms. The van der Waals surface area contributed by atoms with Crippen molar-refractivity contribution in [2.24, 2.45) is 11.7 Å². The Morgan fingerprint density at radius 3 is 2.54 bits per heavy atom. The van der Waals surface area contributed by atoms with Gasteiger partial charge >= 0.3 is 0 Å². The third-order valence-electron chi connectivity index (χ3n) is 6.83. The van der Waals surface area contributed by atoms with Crippen LogP contribution in [0.2, 0.25) is 0 Å². The molecule has 2 fully saturated rings. The van der Waals surface area contributed by atoms with Crippen LogP contribution in [0.15, 0.2) is 41.3 Å². The summed E-state index contributed by atoms with van der Waals surface area (Å²) in [4.78, 5) is 23.2. The van der Waals surface area contributed by atoms with Crippen LogP contribution in [0.1, 0.15) is 43.6 Å². The van der Waals surface area contributed by atoms with E-state index in [9.17, 15) is 13.2 Å². The maximum atomic E-state index is 13.5. The van der Waals surface area contributed by atoms with Crippen molar-refractivity contribution in [2.45, 2.75) is 49.0 Å². The molecule has 3 aromatic rings. The largest absolute Gasteiger partial charge is 0.481 e. The zero-order valence-electron chi connectivity index (χ0n) is 19.5. The number of hydrogen-bond donors (Lipinski definition) is 2. The molecule has 35 heavy (non-hydrogen) atoms. The van der Waals surface area contributed by atoms with E-state index in [-0.39, 0.29) is 16.8 Å². The highest BCUT2D eigenvalue weighted by Crippen LogP contribution is 2.36. The van der Waals surface area contributed by atoms with E-state index in [4.69, 9.17) is 10.5 Å². The van der Waals surface area contributed by atoms with Crippen molar-refractivity contribution in [1.29, 1.82) is 0 Å². The number of carbonyl (C=O) groups excluding carboxylic acids is 1. The van der Waals surface area contributed by atoms with Gasteiger partial charge in [-0.2, -0.15) is 4.31 Å². The molecule has 1 atom stereocenters. The fraction of sp³-hybridized carbons (Fsp3) is 0.458. The van der Waals surface area contributed by atoms with Gasteiger partial charge in [0.25, 0.3) is 0 Å². The fourth-order valence-electron chi connectivity index (χ4n) is 4.82.